The van der Waals surface area contributed by atoms with Gasteiger partial charge < -0.3 is 9.13 Å². The quantitative estimate of drug-likeness (QED) is 0.182. The van der Waals surface area contributed by atoms with Crippen LogP contribution < -0.4 is 11.1 Å². The predicted molar refractivity (Wildman–Crippen MR) is 229 cm³/mol. The molecule has 0 amide bonds. The molecular formula is C50H30N4O2. The van der Waals surface area contributed by atoms with Crippen LogP contribution in [-0.2, 0) is 0 Å². The summed E-state index contributed by atoms with van der Waals surface area (Å²) in [4.78, 5) is 28.6. The zero-order valence-electron chi connectivity index (χ0n) is 29.9. The first-order chi connectivity index (χ1) is 27.7. The number of rotatable bonds is 4. The van der Waals surface area contributed by atoms with E-state index in [0.717, 1.165) is 77.2 Å². The number of hydrogen-bond acceptors (Lipinski definition) is 2. The Morgan fingerprint density at radius 3 is 1.18 bits per heavy atom. The van der Waals surface area contributed by atoms with Gasteiger partial charge in [0.05, 0.1) is 43.9 Å². The van der Waals surface area contributed by atoms with E-state index in [1.807, 2.05) is 36.4 Å². The minimum atomic E-state index is -0.323. The third kappa shape index (κ3) is 4.10. The van der Waals surface area contributed by atoms with Gasteiger partial charge in [-0.3, -0.25) is 9.59 Å². The lowest BCUT2D eigenvalue weighted by Gasteiger charge is -2.09. The van der Waals surface area contributed by atoms with E-state index in [1.165, 1.54) is 4.52 Å². The Hall–Kier alpha value is -7.70. The number of para-hydroxylation sites is 4. The van der Waals surface area contributed by atoms with Crippen LogP contribution in [0.25, 0.3) is 99.0 Å². The summed E-state index contributed by atoms with van der Waals surface area (Å²) in [5, 5.41) is 5.53. The first-order valence-corrected chi connectivity index (χ1v) is 18.8. The number of benzene rings is 8. The molecule has 4 aromatic heterocycles. The molecule has 0 N–H and O–H groups in total. The van der Waals surface area contributed by atoms with Crippen LogP contribution in [0.5, 0.6) is 0 Å². The van der Waals surface area contributed by atoms with Gasteiger partial charge in [-0.15, -0.1) is 0 Å². The minimum absolute atomic E-state index is 0.323. The van der Waals surface area contributed by atoms with Crippen LogP contribution in [0.15, 0.2) is 192 Å². The highest BCUT2D eigenvalue weighted by molar-refractivity contribution is 6.17. The Morgan fingerprint density at radius 1 is 0.304 bits per heavy atom. The maximum absolute atomic E-state index is 14.3. The highest BCUT2D eigenvalue weighted by Crippen LogP contribution is 2.41. The van der Waals surface area contributed by atoms with E-state index in [9.17, 15) is 9.59 Å². The standard InChI is InChI=1S/C50H30N4O2/c55-49-39-29-31(35-19-11-23-45-47(35)37-17-7-9-21-41(37)51(45)33-13-3-1-4-14-33)25-27-43(39)53-44-28-26-32(30-40(44)50(56)54(49)53)36-20-12-24-46-48(36)38-18-8-10-22-42(38)52(46)34-15-5-2-6-16-34/h1-30H. The molecule has 0 atom stereocenters. The van der Waals surface area contributed by atoms with E-state index < -0.39 is 0 Å². The van der Waals surface area contributed by atoms with Crippen LogP contribution in [0.3, 0.4) is 0 Å². The van der Waals surface area contributed by atoms with E-state index in [0.29, 0.717) is 21.8 Å². The Morgan fingerprint density at radius 2 is 0.714 bits per heavy atom. The molecule has 0 spiro atoms. The summed E-state index contributed by atoms with van der Waals surface area (Å²) in [6.07, 6.45) is 0. The second kappa shape index (κ2) is 11.4. The van der Waals surface area contributed by atoms with Crippen molar-refractivity contribution < 1.29 is 0 Å². The zero-order valence-corrected chi connectivity index (χ0v) is 29.9. The van der Waals surface area contributed by atoms with Crippen molar-refractivity contribution in [1.82, 2.24) is 18.2 Å². The highest BCUT2D eigenvalue weighted by Gasteiger charge is 2.22. The molecule has 0 unspecified atom stereocenters. The largest absolute Gasteiger partial charge is 0.309 e. The van der Waals surface area contributed by atoms with Crippen molar-refractivity contribution in [1.29, 1.82) is 0 Å². The fourth-order valence-corrected chi connectivity index (χ4v) is 9.20. The Bertz CT molecular complexity index is 3440. The fourth-order valence-electron chi connectivity index (χ4n) is 9.20. The predicted octanol–water partition coefficient (Wildman–Crippen LogP) is 11.0. The van der Waals surface area contributed by atoms with E-state index >= 15 is 0 Å². The number of hydrogen-bond donors (Lipinski definition) is 0. The summed E-state index contributed by atoms with van der Waals surface area (Å²) < 4.78 is 7.67. The lowest BCUT2D eigenvalue weighted by molar-refractivity contribution is 0.841. The molecule has 0 aliphatic carbocycles. The van der Waals surface area contributed by atoms with Crippen LogP contribution in [0.1, 0.15) is 0 Å². The van der Waals surface area contributed by atoms with Gasteiger partial charge in [-0.25, -0.2) is 4.52 Å². The van der Waals surface area contributed by atoms with Gasteiger partial charge in [0.15, 0.2) is 0 Å². The van der Waals surface area contributed by atoms with E-state index in [1.54, 1.807) is 4.52 Å². The van der Waals surface area contributed by atoms with Crippen molar-refractivity contribution in [3.8, 4) is 33.6 Å². The summed E-state index contributed by atoms with van der Waals surface area (Å²) in [6.45, 7) is 0. The summed E-state index contributed by atoms with van der Waals surface area (Å²) in [6, 6.07) is 62.3. The van der Waals surface area contributed by atoms with Crippen LogP contribution in [0.4, 0.5) is 0 Å². The molecule has 6 nitrogen and oxygen atoms in total. The zero-order chi connectivity index (χ0) is 37.1. The lowest BCUT2D eigenvalue weighted by Crippen LogP contribution is -2.21. The molecule has 0 saturated heterocycles. The monoisotopic (exact) mass is 718 g/mol. The van der Waals surface area contributed by atoms with Crippen LogP contribution in [0.2, 0.25) is 0 Å². The molecule has 6 heteroatoms. The second-order valence-corrected chi connectivity index (χ2v) is 14.5. The van der Waals surface area contributed by atoms with Gasteiger partial charge in [-0.1, -0.05) is 109 Å². The topological polar surface area (TPSA) is 52.8 Å². The highest BCUT2D eigenvalue weighted by atomic mass is 16.2. The van der Waals surface area contributed by atoms with Crippen LogP contribution in [-0.4, -0.2) is 18.2 Å². The van der Waals surface area contributed by atoms with Gasteiger partial charge in [0.2, 0.25) is 0 Å². The van der Waals surface area contributed by atoms with Crippen molar-refractivity contribution in [3.05, 3.63) is 203 Å². The average Bonchev–Trinajstić information content (AvgIpc) is 3.96. The van der Waals surface area contributed by atoms with Crippen LogP contribution in [0, 0.1) is 0 Å². The second-order valence-electron chi connectivity index (χ2n) is 14.5. The van der Waals surface area contributed by atoms with Gasteiger partial charge in [0, 0.05) is 32.9 Å². The molecule has 56 heavy (non-hydrogen) atoms. The van der Waals surface area contributed by atoms with E-state index in [4.69, 9.17) is 0 Å². The van der Waals surface area contributed by atoms with Gasteiger partial charge in [-0.2, -0.15) is 4.52 Å². The molecule has 12 aromatic rings. The number of aromatic nitrogens is 4. The molecule has 262 valence electrons. The summed E-state index contributed by atoms with van der Waals surface area (Å²) in [5.74, 6) is 0. The lowest BCUT2D eigenvalue weighted by atomic mass is 9.98. The first kappa shape index (κ1) is 30.7. The van der Waals surface area contributed by atoms with E-state index in [-0.39, 0.29) is 11.1 Å². The summed E-state index contributed by atoms with van der Waals surface area (Å²) >= 11 is 0. The fraction of sp³-hybridized carbons (Fsp3) is 0. The third-order valence-corrected chi connectivity index (χ3v) is 11.5. The molecule has 0 radical (unpaired) electrons. The third-order valence-electron chi connectivity index (χ3n) is 11.5. The minimum Gasteiger partial charge on any atom is -0.309 e. The van der Waals surface area contributed by atoms with Crippen molar-refractivity contribution in [2.24, 2.45) is 0 Å². The normalized spacial score (nSPS) is 12.1. The summed E-state index contributed by atoms with van der Waals surface area (Å²) in [7, 11) is 0. The molecule has 0 fully saturated rings. The van der Waals surface area contributed by atoms with Crippen molar-refractivity contribution >= 4 is 65.4 Å². The van der Waals surface area contributed by atoms with Crippen molar-refractivity contribution in [2.75, 3.05) is 0 Å². The van der Waals surface area contributed by atoms with Gasteiger partial charge in [0.25, 0.3) is 11.1 Å². The van der Waals surface area contributed by atoms with Crippen molar-refractivity contribution in [3.63, 3.8) is 0 Å². The van der Waals surface area contributed by atoms with Crippen LogP contribution >= 0.6 is 0 Å². The molecular weight excluding hydrogens is 689 g/mol. The maximum atomic E-state index is 14.3. The van der Waals surface area contributed by atoms with E-state index in [2.05, 4.69) is 155 Å². The Labute approximate surface area is 318 Å². The molecule has 0 bridgehead atoms. The Balaban J connectivity index is 1.04. The molecule has 0 saturated carbocycles. The van der Waals surface area contributed by atoms with Crippen molar-refractivity contribution in [2.45, 2.75) is 0 Å². The smallest absolute Gasteiger partial charge is 0.282 e. The summed E-state index contributed by atoms with van der Waals surface area (Å²) in [5.41, 5.74) is 11.2. The molecule has 8 aromatic carbocycles. The number of fused-ring (bicyclic) bond motifs is 11. The Kier molecular flexibility index (Phi) is 6.26. The van der Waals surface area contributed by atoms with Gasteiger partial charge in [-0.05, 0) is 95.1 Å². The SMILES string of the molecule is O=c1c2cc(-c3cccc4c3c3ccccc3n4-c3ccccc3)ccc2n2c3ccc(-c4cccc5c4c4ccccc4n5-c4ccccc4)cc3c(=O)n12. The van der Waals surface area contributed by atoms with Gasteiger partial charge >= 0.3 is 0 Å². The molecule has 0 aliphatic heterocycles. The first-order valence-electron chi connectivity index (χ1n) is 18.8. The molecule has 4 heterocycles. The van der Waals surface area contributed by atoms with Gasteiger partial charge in [0.1, 0.15) is 0 Å². The molecule has 0 aliphatic rings. The maximum Gasteiger partial charge on any atom is 0.282 e. The molecule has 12 rings (SSSR count). The average molecular weight is 719 g/mol. The number of nitrogens with zero attached hydrogens (tertiary/aromatic N) is 4.